The summed E-state index contributed by atoms with van der Waals surface area (Å²) in [5.74, 6) is 0.366. The number of hydrogen-bond acceptors (Lipinski definition) is 4. The van der Waals surface area contributed by atoms with Crippen molar-refractivity contribution < 1.29 is 9.53 Å². The first-order valence-corrected chi connectivity index (χ1v) is 12.4. The maximum atomic E-state index is 13.1. The van der Waals surface area contributed by atoms with Gasteiger partial charge in [-0.2, -0.15) is 0 Å². The number of amides is 1. The molecule has 0 aliphatic rings. The van der Waals surface area contributed by atoms with E-state index in [-0.39, 0.29) is 24.9 Å². The number of nitrogen functional groups attached to an aromatic ring is 1. The lowest BCUT2D eigenvalue weighted by Gasteiger charge is -2.13. The van der Waals surface area contributed by atoms with E-state index in [1.54, 1.807) is 6.07 Å². The molecule has 7 heteroatoms. The van der Waals surface area contributed by atoms with Gasteiger partial charge in [0, 0.05) is 33.6 Å². The Labute approximate surface area is 224 Å². The zero-order valence-corrected chi connectivity index (χ0v) is 22.7. The van der Waals surface area contributed by atoms with Gasteiger partial charge in [-0.25, -0.2) is 0 Å². The predicted molar refractivity (Wildman–Crippen MR) is 154 cm³/mol. The smallest absolute Gasteiger partial charge is 0.256 e. The number of hydrogen-bond donors (Lipinski definition) is 2. The number of nitrogens with zero attached hydrogens (tertiary/aromatic N) is 1. The third kappa shape index (κ3) is 6.90. The van der Waals surface area contributed by atoms with Gasteiger partial charge >= 0.3 is 0 Å². The highest BCUT2D eigenvalue weighted by Crippen LogP contribution is 2.28. The normalized spacial score (nSPS) is 10.1. The van der Waals surface area contributed by atoms with Crippen LogP contribution in [0.1, 0.15) is 54.9 Å². The van der Waals surface area contributed by atoms with Crippen LogP contribution < -0.4 is 15.8 Å². The summed E-state index contributed by atoms with van der Waals surface area (Å²) in [6.07, 6.45) is 1.71. The predicted octanol–water partition coefficient (Wildman–Crippen LogP) is 7.87. The fourth-order valence-electron chi connectivity index (χ4n) is 3.67. The van der Waals surface area contributed by atoms with Crippen LogP contribution >= 0.6 is 24.0 Å². The van der Waals surface area contributed by atoms with Crippen molar-refractivity contribution in [1.29, 1.82) is 0 Å². The first kappa shape index (κ1) is 29.0. The Balaban J connectivity index is 0.00000148. The molecule has 0 aliphatic carbocycles. The molecule has 4 aromatic rings. The highest BCUT2D eigenvalue weighted by Gasteiger charge is 2.14. The van der Waals surface area contributed by atoms with E-state index in [1.807, 2.05) is 81.4 Å². The number of ether oxygens (including phenoxy) is 1. The van der Waals surface area contributed by atoms with Crippen molar-refractivity contribution in [3.05, 3.63) is 94.1 Å². The van der Waals surface area contributed by atoms with Crippen molar-refractivity contribution in [2.75, 3.05) is 11.1 Å². The van der Waals surface area contributed by atoms with Gasteiger partial charge in [0.2, 0.25) is 0 Å². The van der Waals surface area contributed by atoms with Crippen LogP contribution in [-0.2, 0) is 19.4 Å². The van der Waals surface area contributed by atoms with E-state index in [9.17, 15) is 4.79 Å². The van der Waals surface area contributed by atoms with Crippen molar-refractivity contribution in [2.24, 2.45) is 0 Å². The number of carbonyl (C=O) groups is 1. The average molecular weight is 527 g/mol. The summed E-state index contributed by atoms with van der Waals surface area (Å²) in [7, 11) is 0. The molecule has 1 amide bonds. The molecule has 0 fully saturated rings. The number of benzene rings is 3. The highest BCUT2D eigenvalue weighted by atomic mass is 35.5. The van der Waals surface area contributed by atoms with Crippen LogP contribution in [-0.4, -0.2) is 10.9 Å². The van der Waals surface area contributed by atoms with Crippen molar-refractivity contribution in [2.45, 2.75) is 47.1 Å². The van der Waals surface area contributed by atoms with Crippen LogP contribution in [0.15, 0.2) is 66.7 Å². The second-order valence-electron chi connectivity index (χ2n) is 7.81. The fraction of sp³-hybridized carbons (Fsp3) is 0.241. The molecule has 0 bridgehead atoms. The summed E-state index contributed by atoms with van der Waals surface area (Å²) in [5, 5.41) is 4.34. The number of pyridine rings is 1. The lowest BCUT2D eigenvalue weighted by molar-refractivity contribution is 0.102. The maximum Gasteiger partial charge on any atom is 0.256 e. The summed E-state index contributed by atoms with van der Waals surface area (Å²) in [4.78, 5) is 17.7. The molecule has 3 aromatic carbocycles. The molecular weight excluding hydrogens is 493 g/mol. The molecule has 0 radical (unpaired) electrons. The van der Waals surface area contributed by atoms with E-state index in [0.717, 1.165) is 40.6 Å². The average Bonchev–Trinajstić information content (AvgIpc) is 2.89. The first-order valence-electron chi connectivity index (χ1n) is 12.0. The van der Waals surface area contributed by atoms with E-state index < -0.39 is 0 Å². The van der Waals surface area contributed by atoms with Gasteiger partial charge < -0.3 is 15.8 Å². The molecule has 0 saturated carbocycles. The molecule has 36 heavy (non-hydrogen) atoms. The summed E-state index contributed by atoms with van der Waals surface area (Å²) in [6.45, 7) is 8.34. The van der Waals surface area contributed by atoms with Crippen LogP contribution in [0.3, 0.4) is 0 Å². The molecule has 0 spiro atoms. The molecule has 190 valence electrons. The topological polar surface area (TPSA) is 77.2 Å². The number of aromatic nitrogens is 1. The number of aryl methyl sites for hydroxylation is 2. The van der Waals surface area contributed by atoms with Crippen LogP contribution in [0.2, 0.25) is 5.02 Å². The first-order chi connectivity index (χ1) is 17.0. The number of nitrogens with one attached hydrogen (secondary N) is 1. The van der Waals surface area contributed by atoms with Crippen LogP contribution in [0.4, 0.5) is 11.4 Å². The number of carbonyl (C=O) groups excluding carboxylic acids is 1. The minimum atomic E-state index is -0.224. The van der Waals surface area contributed by atoms with E-state index in [1.165, 1.54) is 0 Å². The lowest BCUT2D eigenvalue weighted by Crippen LogP contribution is -2.15. The van der Waals surface area contributed by atoms with Gasteiger partial charge in [0.05, 0.1) is 10.5 Å². The Morgan fingerprint density at radius 2 is 1.75 bits per heavy atom. The van der Waals surface area contributed by atoms with E-state index >= 15 is 0 Å². The second kappa shape index (κ2) is 13.7. The van der Waals surface area contributed by atoms with Crippen molar-refractivity contribution in [3.8, 4) is 5.75 Å². The molecule has 0 saturated heterocycles. The number of nitrogens with two attached hydrogens (primary N) is 1. The molecule has 5 nitrogen and oxygen atoms in total. The third-order valence-corrected chi connectivity index (χ3v) is 5.86. The van der Waals surface area contributed by atoms with Gasteiger partial charge in [-0.05, 0) is 60.9 Å². The van der Waals surface area contributed by atoms with Gasteiger partial charge in [-0.1, -0.05) is 63.6 Å². The monoisotopic (exact) mass is 525 g/mol. The molecule has 0 aliphatic heterocycles. The number of rotatable bonds is 7. The Kier molecular flexibility index (Phi) is 11.0. The Bertz CT molecular complexity index is 1330. The molecule has 1 heterocycles. The molecule has 0 atom stereocenters. The standard InChI is InChI=1S/C27H26ClN3O2.C2H6.ClH/c1-3-17-9-12-26(23(28)13-17)33-16-18-7-5-6-8-21(18)27(32)31-20-10-11-25-22(14-20)24(29)15-19(4-2)30-25;1-2;/h5-15H,3-4,16H2,1-2H3,(H2,29,30)(H,31,32);1-2H3;1H. The van der Waals surface area contributed by atoms with Crippen LogP contribution in [0, 0.1) is 0 Å². The summed E-state index contributed by atoms with van der Waals surface area (Å²) >= 11 is 6.34. The van der Waals surface area contributed by atoms with Crippen LogP contribution in [0.5, 0.6) is 5.75 Å². The minimum absolute atomic E-state index is 0. The largest absolute Gasteiger partial charge is 0.487 e. The molecular formula is C29H33Cl2N3O2. The Hall–Kier alpha value is -3.28. The Morgan fingerprint density at radius 3 is 2.44 bits per heavy atom. The summed E-state index contributed by atoms with van der Waals surface area (Å²) < 4.78 is 5.92. The zero-order valence-electron chi connectivity index (χ0n) is 21.1. The second-order valence-corrected chi connectivity index (χ2v) is 8.21. The van der Waals surface area contributed by atoms with Crippen molar-refractivity contribution >= 4 is 52.2 Å². The minimum Gasteiger partial charge on any atom is -0.487 e. The molecule has 1 aromatic heterocycles. The Morgan fingerprint density at radius 1 is 1.00 bits per heavy atom. The van der Waals surface area contributed by atoms with Gasteiger partial charge in [0.15, 0.2) is 0 Å². The van der Waals surface area contributed by atoms with E-state index in [2.05, 4.69) is 17.2 Å². The van der Waals surface area contributed by atoms with Gasteiger partial charge in [-0.15, -0.1) is 12.4 Å². The zero-order chi connectivity index (χ0) is 25.4. The van der Waals surface area contributed by atoms with Gasteiger partial charge in [-0.3, -0.25) is 9.78 Å². The van der Waals surface area contributed by atoms with Crippen molar-refractivity contribution in [1.82, 2.24) is 4.98 Å². The number of fused-ring (bicyclic) bond motifs is 1. The van der Waals surface area contributed by atoms with Gasteiger partial charge in [0.25, 0.3) is 5.91 Å². The summed E-state index contributed by atoms with van der Waals surface area (Å²) in [6, 6.07) is 20.5. The molecule has 0 unspecified atom stereocenters. The highest BCUT2D eigenvalue weighted by molar-refractivity contribution is 6.32. The quantitative estimate of drug-likeness (QED) is 0.257. The van der Waals surface area contributed by atoms with Crippen LogP contribution in [0.25, 0.3) is 10.9 Å². The SMILES string of the molecule is CC.CCc1ccc(OCc2ccccc2C(=O)Nc2ccc3nc(CC)cc(N)c3c2)c(Cl)c1.Cl. The maximum absolute atomic E-state index is 13.1. The molecule has 3 N–H and O–H groups in total. The fourth-order valence-corrected chi connectivity index (χ4v) is 3.93. The number of anilines is 2. The number of halogens is 2. The van der Waals surface area contributed by atoms with Crippen molar-refractivity contribution in [3.63, 3.8) is 0 Å². The van der Waals surface area contributed by atoms with E-state index in [0.29, 0.717) is 27.7 Å². The molecule has 4 rings (SSSR count). The van der Waals surface area contributed by atoms with E-state index in [4.69, 9.17) is 22.1 Å². The lowest BCUT2D eigenvalue weighted by atomic mass is 10.1. The van der Waals surface area contributed by atoms with Gasteiger partial charge in [0.1, 0.15) is 12.4 Å². The third-order valence-electron chi connectivity index (χ3n) is 5.56. The summed E-state index contributed by atoms with van der Waals surface area (Å²) in [5.41, 5.74) is 11.7.